The van der Waals surface area contributed by atoms with Crippen LogP contribution in [0.4, 0.5) is 0 Å². The molecule has 0 amide bonds. The lowest BCUT2D eigenvalue weighted by molar-refractivity contribution is 0.123. The van der Waals surface area contributed by atoms with Crippen LogP contribution in [0.1, 0.15) is 45.6 Å². The third kappa shape index (κ3) is 1.09. The third-order valence-corrected chi connectivity index (χ3v) is 6.41. The van der Waals surface area contributed by atoms with E-state index in [1.165, 1.54) is 18.4 Å². The topological polar surface area (TPSA) is 26.0 Å². The molecule has 0 spiro atoms. The molecule has 1 aromatic carbocycles. The van der Waals surface area contributed by atoms with E-state index in [0.717, 1.165) is 6.42 Å². The van der Waals surface area contributed by atoms with E-state index in [0.29, 0.717) is 22.3 Å². The zero-order valence-electron chi connectivity index (χ0n) is 11.2. The first-order valence-electron chi connectivity index (χ1n) is 6.75. The number of hydrogen-bond donors (Lipinski definition) is 1. The maximum Gasteiger partial charge on any atom is 0.0107 e. The summed E-state index contributed by atoms with van der Waals surface area (Å²) in [6.45, 7) is 7.26. The highest BCUT2D eigenvalue weighted by Crippen LogP contribution is 2.71. The Labute approximate surface area is 104 Å². The second-order valence-corrected chi connectivity index (χ2v) is 6.80. The highest BCUT2D eigenvalue weighted by Gasteiger charge is 2.68. The molecule has 0 unspecified atom stereocenters. The Morgan fingerprint density at radius 3 is 2.18 bits per heavy atom. The molecule has 3 rings (SSSR count). The molecule has 2 fully saturated rings. The van der Waals surface area contributed by atoms with E-state index in [1.54, 1.807) is 0 Å². The minimum atomic E-state index is 0.306. The average molecular weight is 229 g/mol. The van der Waals surface area contributed by atoms with Crippen molar-refractivity contribution in [2.75, 3.05) is 0 Å². The SMILES string of the molecule is CC1(C)[C@]2(c3ccccc3)CC[C@]1(C)[C@@H](N)C2. The Bertz CT molecular complexity index is 436. The summed E-state index contributed by atoms with van der Waals surface area (Å²) in [7, 11) is 0. The number of benzene rings is 1. The monoisotopic (exact) mass is 229 g/mol. The Morgan fingerprint density at radius 1 is 1.06 bits per heavy atom. The Balaban J connectivity index is 2.17. The number of fused-ring (bicyclic) bond motifs is 2. The maximum absolute atomic E-state index is 6.45. The summed E-state index contributed by atoms with van der Waals surface area (Å²) in [4.78, 5) is 0. The Kier molecular flexibility index (Phi) is 2.08. The lowest BCUT2D eigenvalue weighted by Gasteiger charge is -2.42. The molecule has 3 atom stereocenters. The van der Waals surface area contributed by atoms with Gasteiger partial charge in [-0.05, 0) is 35.7 Å². The van der Waals surface area contributed by atoms with Gasteiger partial charge >= 0.3 is 0 Å². The van der Waals surface area contributed by atoms with Gasteiger partial charge in [0.05, 0.1) is 0 Å². The normalized spacial score (nSPS) is 42.9. The van der Waals surface area contributed by atoms with Crippen LogP contribution < -0.4 is 5.73 Å². The molecule has 2 saturated carbocycles. The minimum Gasteiger partial charge on any atom is -0.327 e. The molecule has 0 saturated heterocycles. The molecule has 0 aliphatic heterocycles. The summed E-state index contributed by atoms with van der Waals surface area (Å²) < 4.78 is 0. The van der Waals surface area contributed by atoms with Crippen LogP contribution >= 0.6 is 0 Å². The molecule has 2 N–H and O–H groups in total. The summed E-state index contributed by atoms with van der Waals surface area (Å²) in [5.41, 5.74) is 8.88. The summed E-state index contributed by atoms with van der Waals surface area (Å²) in [5, 5.41) is 0. The van der Waals surface area contributed by atoms with Gasteiger partial charge in [-0.15, -0.1) is 0 Å². The fraction of sp³-hybridized carbons (Fsp3) is 0.625. The van der Waals surface area contributed by atoms with Crippen LogP contribution in [-0.2, 0) is 5.41 Å². The van der Waals surface area contributed by atoms with Crippen molar-refractivity contribution in [3.05, 3.63) is 35.9 Å². The third-order valence-electron chi connectivity index (χ3n) is 6.41. The van der Waals surface area contributed by atoms with Crippen LogP contribution in [0, 0.1) is 10.8 Å². The van der Waals surface area contributed by atoms with Crippen molar-refractivity contribution in [3.63, 3.8) is 0 Å². The lowest BCUT2D eigenvalue weighted by Crippen LogP contribution is -2.41. The van der Waals surface area contributed by atoms with Gasteiger partial charge in [0.2, 0.25) is 0 Å². The van der Waals surface area contributed by atoms with Crippen LogP contribution in [0.2, 0.25) is 0 Å². The largest absolute Gasteiger partial charge is 0.327 e. The molecule has 2 bridgehead atoms. The molecule has 0 aromatic heterocycles. The van der Waals surface area contributed by atoms with Crippen LogP contribution in [0.25, 0.3) is 0 Å². The molecule has 0 radical (unpaired) electrons. The minimum absolute atomic E-state index is 0.306. The van der Waals surface area contributed by atoms with Gasteiger partial charge in [0.1, 0.15) is 0 Å². The molecular formula is C16H23N. The quantitative estimate of drug-likeness (QED) is 0.784. The zero-order valence-corrected chi connectivity index (χ0v) is 11.2. The van der Waals surface area contributed by atoms with Crippen molar-refractivity contribution in [1.82, 2.24) is 0 Å². The van der Waals surface area contributed by atoms with Crippen molar-refractivity contribution in [1.29, 1.82) is 0 Å². The number of hydrogen-bond acceptors (Lipinski definition) is 1. The molecule has 1 nitrogen and oxygen atoms in total. The van der Waals surface area contributed by atoms with Gasteiger partial charge in [-0.25, -0.2) is 0 Å². The van der Waals surface area contributed by atoms with Crippen molar-refractivity contribution >= 4 is 0 Å². The Hall–Kier alpha value is -0.820. The van der Waals surface area contributed by atoms with E-state index in [9.17, 15) is 0 Å². The van der Waals surface area contributed by atoms with Crippen LogP contribution in [0.5, 0.6) is 0 Å². The molecule has 2 aliphatic rings. The molecular weight excluding hydrogens is 206 g/mol. The number of rotatable bonds is 1. The second-order valence-electron chi connectivity index (χ2n) is 6.80. The van der Waals surface area contributed by atoms with E-state index >= 15 is 0 Å². The van der Waals surface area contributed by atoms with E-state index in [-0.39, 0.29) is 0 Å². The zero-order chi connectivity index (χ0) is 12.3. The Morgan fingerprint density at radius 2 is 1.71 bits per heavy atom. The second kappa shape index (κ2) is 3.14. The first-order valence-corrected chi connectivity index (χ1v) is 6.75. The van der Waals surface area contributed by atoms with E-state index < -0.39 is 0 Å². The molecule has 1 heteroatoms. The molecule has 2 aliphatic carbocycles. The highest BCUT2D eigenvalue weighted by molar-refractivity contribution is 5.37. The average Bonchev–Trinajstić information content (AvgIpc) is 2.61. The predicted molar refractivity (Wildman–Crippen MR) is 71.8 cm³/mol. The van der Waals surface area contributed by atoms with Crippen molar-refractivity contribution in [2.45, 2.75) is 51.5 Å². The summed E-state index contributed by atoms with van der Waals surface area (Å²) in [6, 6.07) is 11.4. The number of nitrogens with two attached hydrogens (primary N) is 1. The van der Waals surface area contributed by atoms with Crippen molar-refractivity contribution in [2.24, 2.45) is 16.6 Å². The predicted octanol–water partition coefficient (Wildman–Crippen LogP) is 3.48. The van der Waals surface area contributed by atoms with Gasteiger partial charge in [0.15, 0.2) is 0 Å². The molecule has 92 valence electrons. The lowest BCUT2D eigenvalue weighted by atomic mass is 9.62. The first-order chi connectivity index (χ1) is 7.94. The van der Waals surface area contributed by atoms with Gasteiger partial charge in [-0.2, -0.15) is 0 Å². The van der Waals surface area contributed by atoms with Gasteiger partial charge < -0.3 is 5.73 Å². The van der Waals surface area contributed by atoms with Gasteiger partial charge in [0.25, 0.3) is 0 Å². The fourth-order valence-corrected chi connectivity index (χ4v) is 4.63. The maximum atomic E-state index is 6.45. The van der Waals surface area contributed by atoms with Crippen molar-refractivity contribution < 1.29 is 0 Å². The highest BCUT2D eigenvalue weighted by atomic mass is 14.8. The smallest absolute Gasteiger partial charge is 0.0107 e. The van der Waals surface area contributed by atoms with Gasteiger partial charge in [-0.1, -0.05) is 51.1 Å². The van der Waals surface area contributed by atoms with Crippen molar-refractivity contribution in [3.8, 4) is 0 Å². The van der Waals surface area contributed by atoms with Crippen LogP contribution in [0.3, 0.4) is 0 Å². The fourth-order valence-electron chi connectivity index (χ4n) is 4.63. The molecule has 0 heterocycles. The van der Waals surface area contributed by atoms with E-state index in [2.05, 4.69) is 51.1 Å². The molecule has 1 aromatic rings. The summed E-state index contributed by atoms with van der Waals surface area (Å²) >= 11 is 0. The van der Waals surface area contributed by atoms with Gasteiger partial charge in [-0.3, -0.25) is 0 Å². The van der Waals surface area contributed by atoms with Crippen LogP contribution in [0.15, 0.2) is 30.3 Å². The van der Waals surface area contributed by atoms with Crippen LogP contribution in [-0.4, -0.2) is 6.04 Å². The summed E-state index contributed by atoms with van der Waals surface area (Å²) in [5.74, 6) is 0. The molecule has 17 heavy (non-hydrogen) atoms. The standard InChI is InChI=1S/C16H23N/c1-14(2)15(3)9-10-16(14,11-13(15)17)12-7-5-4-6-8-12/h4-8,13H,9-11,17H2,1-3H3/t13-,15+,16+/m0/s1. The van der Waals surface area contributed by atoms with E-state index in [4.69, 9.17) is 5.73 Å². The first kappa shape index (κ1) is 11.3. The van der Waals surface area contributed by atoms with Gasteiger partial charge in [0, 0.05) is 11.5 Å². The van der Waals surface area contributed by atoms with E-state index in [1.807, 2.05) is 0 Å². The summed E-state index contributed by atoms with van der Waals surface area (Å²) in [6.07, 6.45) is 3.73.